The van der Waals surface area contributed by atoms with E-state index in [0.29, 0.717) is 11.1 Å². The van der Waals surface area contributed by atoms with Crippen LogP contribution < -0.4 is 0 Å². The second-order valence-electron chi connectivity index (χ2n) is 3.93. The highest BCUT2D eigenvalue weighted by Gasteiger charge is 2.22. The number of carbonyl (C=O) groups is 1. The number of fused-ring (bicyclic) bond motifs is 1. The van der Waals surface area contributed by atoms with Crippen LogP contribution in [0, 0.1) is 0 Å². The molecule has 0 saturated carbocycles. The molecular weight excluding hydrogens is 280 g/mol. The standard InChI is InChI=1S/C13H10N2O4S/c1-2-18-13(17)10-11(16)12-7(6-14-10)9(15-19-12)8-4-3-5-20-8/h3-6,16H,2H2,1H3. The summed E-state index contributed by atoms with van der Waals surface area (Å²) in [5.74, 6) is -1.04. The van der Waals surface area contributed by atoms with Crippen LogP contribution in [-0.2, 0) is 4.74 Å². The average molecular weight is 290 g/mol. The maximum absolute atomic E-state index is 11.6. The van der Waals surface area contributed by atoms with Gasteiger partial charge in [-0.05, 0) is 18.4 Å². The molecule has 3 aromatic rings. The number of aromatic hydroxyl groups is 1. The van der Waals surface area contributed by atoms with Crippen molar-refractivity contribution in [3.8, 4) is 16.3 Å². The molecule has 3 heterocycles. The smallest absolute Gasteiger partial charge is 0.360 e. The zero-order chi connectivity index (χ0) is 14.1. The van der Waals surface area contributed by atoms with Crippen LogP contribution in [0.3, 0.4) is 0 Å². The number of aromatic nitrogens is 2. The molecule has 20 heavy (non-hydrogen) atoms. The van der Waals surface area contributed by atoms with Gasteiger partial charge in [-0.25, -0.2) is 9.78 Å². The van der Waals surface area contributed by atoms with Crippen LogP contribution in [0.4, 0.5) is 0 Å². The Morgan fingerprint density at radius 2 is 2.40 bits per heavy atom. The molecule has 7 heteroatoms. The lowest BCUT2D eigenvalue weighted by molar-refractivity contribution is 0.0516. The first-order valence-electron chi connectivity index (χ1n) is 5.90. The van der Waals surface area contributed by atoms with E-state index in [9.17, 15) is 9.90 Å². The first-order valence-corrected chi connectivity index (χ1v) is 6.78. The molecule has 0 aliphatic heterocycles. The van der Waals surface area contributed by atoms with E-state index in [0.717, 1.165) is 4.88 Å². The molecule has 0 aliphatic rings. The Hall–Kier alpha value is -2.41. The van der Waals surface area contributed by atoms with Gasteiger partial charge in [0, 0.05) is 6.20 Å². The summed E-state index contributed by atoms with van der Waals surface area (Å²) in [5.41, 5.74) is 0.549. The summed E-state index contributed by atoms with van der Waals surface area (Å²) in [6.45, 7) is 1.88. The van der Waals surface area contributed by atoms with Crippen molar-refractivity contribution < 1.29 is 19.2 Å². The summed E-state index contributed by atoms with van der Waals surface area (Å²) in [6.07, 6.45) is 1.45. The predicted octanol–water partition coefficient (Wildman–Crippen LogP) is 2.83. The Morgan fingerprint density at radius 1 is 1.55 bits per heavy atom. The van der Waals surface area contributed by atoms with E-state index >= 15 is 0 Å². The molecule has 1 N–H and O–H groups in total. The third-order valence-electron chi connectivity index (χ3n) is 2.71. The molecule has 0 bridgehead atoms. The lowest BCUT2D eigenvalue weighted by Gasteiger charge is -2.02. The lowest BCUT2D eigenvalue weighted by atomic mass is 10.2. The molecule has 0 saturated heterocycles. The first-order chi connectivity index (χ1) is 9.72. The van der Waals surface area contributed by atoms with Gasteiger partial charge in [-0.2, -0.15) is 0 Å². The quantitative estimate of drug-likeness (QED) is 0.746. The highest BCUT2D eigenvalue weighted by molar-refractivity contribution is 7.13. The Bertz CT molecular complexity index is 764. The number of nitrogens with zero attached hydrogens (tertiary/aromatic N) is 2. The fraction of sp³-hybridized carbons (Fsp3) is 0.154. The normalized spacial score (nSPS) is 10.8. The first kappa shape index (κ1) is 12.6. The van der Waals surface area contributed by atoms with Gasteiger partial charge in [0.05, 0.1) is 16.9 Å². The van der Waals surface area contributed by atoms with E-state index in [1.807, 2.05) is 17.5 Å². The van der Waals surface area contributed by atoms with Crippen LogP contribution in [0.2, 0.25) is 0 Å². The topological polar surface area (TPSA) is 85.5 Å². The Balaban J connectivity index is 2.14. The summed E-state index contributed by atoms with van der Waals surface area (Å²) < 4.78 is 9.95. The van der Waals surface area contributed by atoms with Gasteiger partial charge in [-0.15, -0.1) is 11.3 Å². The van der Waals surface area contributed by atoms with E-state index in [4.69, 9.17) is 9.26 Å². The molecule has 0 atom stereocenters. The molecule has 0 spiro atoms. The van der Waals surface area contributed by atoms with Crippen LogP contribution in [0.25, 0.3) is 21.5 Å². The van der Waals surface area contributed by atoms with Gasteiger partial charge in [0.15, 0.2) is 11.4 Å². The lowest BCUT2D eigenvalue weighted by Crippen LogP contribution is -2.07. The number of thiophene rings is 1. The summed E-state index contributed by atoms with van der Waals surface area (Å²) >= 11 is 1.50. The highest BCUT2D eigenvalue weighted by Crippen LogP contribution is 2.35. The number of hydrogen-bond acceptors (Lipinski definition) is 7. The molecule has 0 unspecified atom stereocenters. The zero-order valence-electron chi connectivity index (χ0n) is 10.5. The fourth-order valence-electron chi connectivity index (χ4n) is 1.83. The molecule has 0 amide bonds. The molecule has 3 aromatic heterocycles. The monoisotopic (exact) mass is 290 g/mol. The average Bonchev–Trinajstić information content (AvgIpc) is 3.07. The van der Waals surface area contributed by atoms with E-state index in [1.165, 1.54) is 17.5 Å². The number of carbonyl (C=O) groups excluding carboxylic acids is 1. The summed E-state index contributed by atoms with van der Waals surface area (Å²) in [7, 11) is 0. The molecule has 0 radical (unpaired) electrons. The Morgan fingerprint density at radius 3 is 3.10 bits per heavy atom. The van der Waals surface area contributed by atoms with E-state index in [-0.39, 0.29) is 23.6 Å². The van der Waals surface area contributed by atoms with Gasteiger partial charge < -0.3 is 14.4 Å². The SMILES string of the molecule is CCOC(=O)c1ncc2c(-c3cccs3)noc2c1O. The molecular formula is C13H10N2O4S. The maximum Gasteiger partial charge on any atom is 0.360 e. The van der Waals surface area contributed by atoms with Gasteiger partial charge in [0.1, 0.15) is 5.69 Å². The van der Waals surface area contributed by atoms with Crippen molar-refractivity contribution in [2.24, 2.45) is 0 Å². The maximum atomic E-state index is 11.6. The van der Waals surface area contributed by atoms with Crippen LogP contribution in [0.15, 0.2) is 28.2 Å². The minimum atomic E-state index is -0.694. The van der Waals surface area contributed by atoms with Crippen LogP contribution in [-0.4, -0.2) is 27.8 Å². The van der Waals surface area contributed by atoms with E-state index in [2.05, 4.69) is 10.1 Å². The zero-order valence-corrected chi connectivity index (χ0v) is 11.3. The van der Waals surface area contributed by atoms with Gasteiger partial charge in [-0.3, -0.25) is 0 Å². The highest BCUT2D eigenvalue weighted by atomic mass is 32.1. The molecule has 0 aliphatic carbocycles. The van der Waals surface area contributed by atoms with Gasteiger partial charge in [0.2, 0.25) is 5.58 Å². The number of hydrogen-bond donors (Lipinski definition) is 1. The van der Waals surface area contributed by atoms with Gasteiger partial charge in [-0.1, -0.05) is 11.2 Å². The third kappa shape index (κ3) is 1.92. The number of ether oxygens (including phenoxy) is 1. The largest absolute Gasteiger partial charge is 0.502 e. The van der Waals surface area contributed by atoms with Crippen molar-refractivity contribution in [2.75, 3.05) is 6.61 Å². The molecule has 6 nitrogen and oxygen atoms in total. The van der Waals surface area contributed by atoms with Crippen LogP contribution >= 0.6 is 11.3 Å². The molecule has 0 aromatic carbocycles. The summed E-state index contributed by atoms with van der Waals surface area (Å²) in [5, 5.41) is 16.5. The number of pyridine rings is 1. The number of rotatable bonds is 3. The Labute approximate surface area is 117 Å². The van der Waals surface area contributed by atoms with Crippen molar-refractivity contribution in [2.45, 2.75) is 6.92 Å². The number of esters is 1. The molecule has 102 valence electrons. The fourth-order valence-corrected chi connectivity index (χ4v) is 2.55. The minimum Gasteiger partial charge on any atom is -0.502 e. The summed E-state index contributed by atoms with van der Waals surface area (Å²) in [4.78, 5) is 16.5. The second kappa shape index (κ2) is 4.93. The molecule has 3 rings (SSSR count). The van der Waals surface area contributed by atoms with Crippen molar-refractivity contribution in [3.05, 3.63) is 29.4 Å². The third-order valence-corrected chi connectivity index (χ3v) is 3.59. The Kier molecular flexibility index (Phi) is 3.11. The van der Waals surface area contributed by atoms with Crippen molar-refractivity contribution in [1.82, 2.24) is 10.1 Å². The predicted molar refractivity (Wildman–Crippen MR) is 72.7 cm³/mol. The van der Waals surface area contributed by atoms with Gasteiger partial charge in [0.25, 0.3) is 0 Å². The van der Waals surface area contributed by atoms with E-state index < -0.39 is 5.97 Å². The van der Waals surface area contributed by atoms with Crippen molar-refractivity contribution in [3.63, 3.8) is 0 Å². The van der Waals surface area contributed by atoms with Gasteiger partial charge >= 0.3 is 5.97 Å². The van der Waals surface area contributed by atoms with E-state index in [1.54, 1.807) is 6.92 Å². The van der Waals surface area contributed by atoms with Crippen molar-refractivity contribution >= 4 is 28.3 Å². The molecule has 0 fully saturated rings. The van der Waals surface area contributed by atoms with Crippen LogP contribution in [0.1, 0.15) is 17.4 Å². The summed E-state index contributed by atoms with van der Waals surface area (Å²) in [6, 6.07) is 3.78. The van der Waals surface area contributed by atoms with Crippen molar-refractivity contribution in [1.29, 1.82) is 0 Å². The second-order valence-corrected chi connectivity index (χ2v) is 4.87. The van der Waals surface area contributed by atoms with Crippen LogP contribution in [0.5, 0.6) is 5.75 Å². The minimum absolute atomic E-state index is 0.131.